The van der Waals surface area contributed by atoms with Gasteiger partial charge in [-0.1, -0.05) is 12.1 Å². The number of amides is 1. The summed E-state index contributed by atoms with van der Waals surface area (Å²) in [5.74, 6) is 0.669. The van der Waals surface area contributed by atoms with Gasteiger partial charge >= 0.3 is 0 Å². The maximum Gasteiger partial charge on any atom is 0.268 e. The highest BCUT2D eigenvalue weighted by atomic mass is 32.2. The molecular weight excluding hydrogens is 342 g/mol. The fourth-order valence-electron chi connectivity index (χ4n) is 4.56. The summed E-state index contributed by atoms with van der Waals surface area (Å²) >= 11 is 1.74. The van der Waals surface area contributed by atoms with E-state index in [4.69, 9.17) is 0 Å². The van der Waals surface area contributed by atoms with Crippen LogP contribution in [0.3, 0.4) is 0 Å². The number of benzene rings is 1. The van der Waals surface area contributed by atoms with Crippen molar-refractivity contribution in [2.75, 3.05) is 19.3 Å². The molecule has 138 valence electrons. The standard InChI is InChI=1S/C21H27N3OS/c1-14-20(16-10-12-24(14)13-11-16)22-21(25)19-9-8-18(23(19)2)15-4-6-17(26-3)7-5-15/h4-9,14,16,20H,10-13H2,1-3H3,(H,22,25)/t14-,20-/m0/s1. The summed E-state index contributed by atoms with van der Waals surface area (Å²) in [6, 6.07) is 13.2. The first-order chi connectivity index (χ1) is 12.6. The number of carbonyl (C=O) groups excluding carboxylic acids is 1. The maximum absolute atomic E-state index is 12.9. The van der Waals surface area contributed by atoms with Gasteiger partial charge in [-0.15, -0.1) is 11.8 Å². The summed E-state index contributed by atoms with van der Waals surface area (Å²) in [6.45, 7) is 4.61. The van der Waals surface area contributed by atoms with Gasteiger partial charge in [0.05, 0.1) is 0 Å². The van der Waals surface area contributed by atoms with E-state index in [1.807, 2.05) is 23.7 Å². The summed E-state index contributed by atoms with van der Waals surface area (Å²) in [7, 11) is 1.98. The summed E-state index contributed by atoms with van der Waals surface area (Å²) in [6.07, 6.45) is 4.49. The summed E-state index contributed by atoms with van der Waals surface area (Å²) in [4.78, 5) is 16.7. The van der Waals surface area contributed by atoms with E-state index in [1.54, 1.807) is 11.8 Å². The van der Waals surface area contributed by atoms with Crippen LogP contribution in [0.4, 0.5) is 0 Å². The maximum atomic E-state index is 12.9. The predicted octanol–water partition coefficient (Wildman–Crippen LogP) is 3.63. The molecule has 1 aromatic carbocycles. The average Bonchev–Trinajstić information content (AvgIpc) is 3.06. The van der Waals surface area contributed by atoms with E-state index in [-0.39, 0.29) is 11.9 Å². The molecule has 0 saturated carbocycles. The largest absolute Gasteiger partial charge is 0.346 e. The van der Waals surface area contributed by atoms with Crippen LogP contribution in [0.15, 0.2) is 41.3 Å². The number of piperidine rings is 3. The lowest BCUT2D eigenvalue weighted by molar-refractivity contribution is 0.0215. The van der Waals surface area contributed by atoms with Crippen molar-refractivity contribution in [1.82, 2.24) is 14.8 Å². The van der Waals surface area contributed by atoms with Crippen molar-refractivity contribution < 1.29 is 4.79 Å². The molecule has 3 saturated heterocycles. The molecular formula is C21H27N3OS. The van der Waals surface area contributed by atoms with E-state index >= 15 is 0 Å². The highest BCUT2D eigenvalue weighted by Crippen LogP contribution is 2.32. The molecule has 0 radical (unpaired) electrons. The zero-order chi connectivity index (χ0) is 18.3. The van der Waals surface area contributed by atoms with Crippen LogP contribution in [0.1, 0.15) is 30.3 Å². The Bertz CT molecular complexity index is 788. The lowest BCUT2D eigenvalue weighted by Crippen LogP contribution is -2.62. The van der Waals surface area contributed by atoms with Crippen molar-refractivity contribution in [2.24, 2.45) is 13.0 Å². The molecule has 1 aromatic heterocycles. The smallest absolute Gasteiger partial charge is 0.268 e. The molecule has 4 heterocycles. The van der Waals surface area contributed by atoms with Crippen LogP contribution < -0.4 is 5.32 Å². The molecule has 3 aliphatic rings. The number of thioether (sulfide) groups is 1. The van der Waals surface area contributed by atoms with E-state index in [0.717, 1.165) is 17.0 Å². The Morgan fingerprint density at radius 3 is 2.42 bits per heavy atom. The molecule has 26 heavy (non-hydrogen) atoms. The minimum absolute atomic E-state index is 0.0464. The second kappa shape index (κ2) is 7.12. The number of rotatable bonds is 4. The molecule has 2 bridgehead atoms. The van der Waals surface area contributed by atoms with Gasteiger partial charge in [0.25, 0.3) is 5.91 Å². The molecule has 4 nitrogen and oxygen atoms in total. The Morgan fingerprint density at radius 1 is 1.12 bits per heavy atom. The topological polar surface area (TPSA) is 37.3 Å². The molecule has 0 unspecified atom stereocenters. The number of nitrogens with one attached hydrogen (secondary N) is 1. The third kappa shape index (κ3) is 3.08. The fraction of sp³-hybridized carbons (Fsp3) is 0.476. The normalized spacial score (nSPS) is 27.5. The van der Waals surface area contributed by atoms with E-state index in [1.165, 1.54) is 30.8 Å². The van der Waals surface area contributed by atoms with E-state index < -0.39 is 0 Å². The molecule has 5 heteroatoms. The SMILES string of the molecule is CSc1ccc(-c2ccc(C(=O)N[C@@H]3C4CCN(CC4)[C@H]3C)n2C)cc1. The molecule has 3 fully saturated rings. The molecule has 2 atom stereocenters. The Labute approximate surface area is 160 Å². The zero-order valence-corrected chi connectivity index (χ0v) is 16.6. The second-order valence-corrected chi connectivity index (χ2v) is 8.38. The zero-order valence-electron chi connectivity index (χ0n) is 15.7. The van der Waals surface area contributed by atoms with Crippen LogP contribution in [0.5, 0.6) is 0 Å². The van der Waals surface area contributed by atoms with Crippen LogP contribution >= 0.6 is 11.8 Å². The predicted molar refractivity (Wildman–Crippen MR) is 108 cm³/mol. The molecule has 1 N–H and O–H groups in total. The van der Waals surface area contributed by atoms with Gasteiger partial charge in [0, 0.05) is 29.7 Å². The van der Waals surface area contributed by atoms with Gasteiger partial charge in [-0.3, -0.25) is 9.69 Å². The van der Waals surface area contributed by atoms with Crippen LogP contribution in [-0.2, 0) is 7.05 Å². The molecule has 0 spiro atoms. The lowest BCUT2D eigenvalue weighted by Gasteiger charge is -2.49. The number of hydrogen-bond donors (Lipinski definition) is 1. The Hall–Kier alpha value is -1.72. The van der Waals surface area contributed by atoms with Crippen LogP contribution in [0.2, 0.25) is 0 Å². The third-order valence-electron chi connectivity index (χ3n) is 6.22. The number of nitrogens with zero attached hydrogens (tertiary/aromatic N) is 2. The van der Waals surface area contributed by atoms with Crippen molar-refractivity contribution in [3.05, 3.63) is 42.1 Å². The van der Waals surface area contributed by atoms with Crippen molar-refractivity contribution in [3.63, 3.8) is 0 Å². The molecule has 2 aromatic rings. The first kappa shape index (κ1) is 17.7. The summed E-state index contributed by atoms with van der Waals surface area (Å²) < 4.78 is 2.01. The minimum atomic E-state index is 0.0464. The fourth-order valence-corrected chi connectivity index (χ4v) is 4.97. The van der Waals surface area contributed by atoms with Gasteiger partial charge in [0.1, 0.15) is 5.69 Å². The summed E-state index contributed by atoms with van der Waals surface area (Å²) in [5, 5.41) is 3.34. The number of hydrogen-bond acceptors (Lipinski definition) is 3. The van der Waals surface area contributed by atoms with Gasteiger partial charge in [0.2, 0.25) is 0 Å². The van der Waals surface area contributed by atoms with Crippen molar-refractivity contribution in [3.8, 4) is 11.3 Å². The molecule has 1 amide bonds. The quantitative estimate of drug-likeness (QED) is 0.837. The van der Waals surface area contributed by atoms with E-state index in [0.29, 0.717) is 12.0 Å². The molecule has 3 aliphatic heterocycles. The van der Waals surface area contributed by atoms with Crippen LogP contribution in [0, 0.1) is 5.92 Å². The highest BCUT2D eigenvalue weighted by molar-refractivity contribution is 7.98. The number of carbonyl (C=O) groups is 1. The average molecular weight is 370 g/mol. The van der Waals surface area contributed by atoms with E-state index in [2.05, 4.69) is 47.7 Å². The van der Waals surface area contributed by atoms with Crippen LogP contribution in [-0.4, -0.2) is 46.8 Å². The molecule has 5 rings (SSSR count). The number of aromatic nitrogens is 1. The van der Waals surface area contributed by atoms with Gasteiger partial charge in [-0.25, -0.2) is 0 Å². The van der Waals surface area contributed by atoms with Crippen molar-refractivity contribution in [2.45, 2.75) is 36.7 Å². The van der Waals surface area contributed by atoms with Crippen molar-refractivity contribution >= 4 is 17.7 Å². The highest BCUT2D eigenvalue weighted by Gasteiger charge is 2.40. The Balaban J connectivity index is 1.53. The first-order valence-electron chi connectivity index (χ1n) is 9.43. The van der Waals surface area contributed by atoms with Crippen LogP contribution in [0.25, 0.3) is 11.3 Å². The minimum Gasteiger partial charge on any atom is -0.346 e. The number of fused-ring (bicyclic) bond motifs is 3. The summed E-state index contributed by atoms with van der Waals surface area (Å²) in [5.41, 5.74) is 2.95. The lowest BCUT2D eigenvalue weighted by atomic mass is 9.79. The van der Waals surface area contributed by atoms with Crippen molar-refractivity contribution in [1.29, 1.82) is 0 Å². The molecule has 0 aliphatic carbocycles. The Kier molecular flexibility index (Phi) is 4.84. The monoisotopic (exact) mass is 369 g/mol. The Morgan fingerprint density at radius 2 is 1.81 bits per heavy atom. The van der Waals surface area contributed by atoms with Gasteiger partial charge in [0.15, 0.2) is 0 Å². The van der Waals surface area contributed by atoms with Gasteiger partial charge in [-0.2, -0.15) is 0 Å². The second-order valence-electron chi connectivity index (χ2n) is 7.50. The third-order valence-corrected chi connectivity index (χ3v) is 6.96. The van der Waals surface area contributed by atoms with E-state index in [9.17, 15) is 4.79 Å². The first-order valence-corrected chi connectivity index (χ1v) is 10.7. The van der Waals surface area contributed by atoms with Gasteiger partial charge in [-0.05, 0) is 74.9 Å². The van der Waals surface area contributed by atoms with Gasteiger partial charge < -0.3 is 9.88 Å².